The van der Waals surface area contributed by atoms with Crippen molar-refractivity contribution < 1.29 is 9.53 Å². The number of nitrogen functional groups attached to an aromatic ring is 1. The predicted molar refractivity (Wildman–Crippen MR) is 82.1 cm³/mol. The minimum atomic E-state index is -0.336. The number of piperidine rings is 1. The largest absolute Gasteiger partial charge is 0.462 e. The number of benzene rings is 1. The molecule has 0 saturated carbocycles. The Balaban J connectivity index is 2.28. The van der Waals surface area contributed by atoms with Crippen LogP contribution in [0.3, 0.4) is 0 Å². The minimum absolute atomic E-state index is 0.336. The molecule has 1 aromatic rings. The number of ether oxygens (including phenoxy) is 1. The minimum Gasteiger partial charge on any atom is -0.462 e. The number of nitrogens with zero attached hydrogens (tertiary/aromatic N) is 1. The first kappa shape index (κ1) is 14.7. The van der Waals surface area contributed by atoms with Crippen molar-refractivity contribution in [2.45, 2.75) is 45.6 Å². The molecule has 0 radical (unpaired) electrons. The Kier molecular flexibility index (Phi) is 4.88. The van der Waals surface area contributed by atoms with Crippen LogP contribution in [-0.2, 0) is 4.74 Å². The van der Waals surface area contributed by atoms with Crippen molar-refractivity contribution >= 4 is 17.3 Å². The van der Waals surface area contributed by atoms with Gasteiger partial charge in [0.25, 0.3) is 0 Å². The van der Waals surface area contributed by atoms with E-state index in [1.54, 1.807) is 6.92 Å². The smallest absolute Gasteiger partial charge is 0.340 e. The Morgan fingerprint density at radius 2 is 2.20 bits per heavy atom. The topological polar surface area (TPSA) is 55.6 Å². The molecule has 1 unspecified atom stereocenters. The first-order valence-electron chi connectivity index (χ1n) is 7.50. The number of nitrogens with two attached hydrogens (primary N) is 1. The zero-order valence-electron chi connectivity index (χ0n) is 12.4. The van der Waals surface area contributed by atoms with Gasteiger partial charge in [-0.3, -0.25) is 0 Å². The molecule has 0 spiro atoms. The van der Waals surface area contributed by atoms with E-state index < -0.39 is 0 Å². The summed E-state index contributed by atoms with van der Waals surface area (Å²) in [5, 5.41) is 0. The van der Waals surface area contributed by atoms with E-state index in [9.17, 15) is 4.79 Å². The van der Waals surface area contributed by atoms with E-state index in [0.717, 1.165) is 18.7 Å². The van der Waals surface area contributed by atoms with Gasteiger partial charge in [0.2, 0.25) is 0 Å². The van der Waals surface area contributed by atoms with Crippen LogP contribution in [0.25, 0.3) is 0 Å². The van der Waals surface area contributed by atoms with Crippen LogP contribution in [0.15, 0.2) is 18.2 Å². The van der Waals surface area contributed by atoms with Crippen LogP contribution in [-0.4, -0.2) is 25.2 Å². The van der Waals surface area contributed by atoms with Gasteiger partial charge in [-0.25, -0.2) is 4.79 Å². The molecule has 4 nitrogen and oxygen atoms in total. The average Bonchev–Trinajstić information content (AvgIpc) is 2.48. The van der Waals surface area contributed by atoms with Gasteiger partial charge in [0.05, 0.1) is 12.2 Å². The second-order valence-corrected chi connectivity index (χ2v) is 5.24. The van der Waals surface area contributed by atoms with Crippen LogP contribution < -0.4 is 10.6 Å². The molecule has 0 aliphatic carbocycles. The predicted octanol–water partition coefficient (Wildman–Crippen LogP) is 3.21. The van der Waals surface area contributed by atoms with Crippen LogP contribution in [0.1, 0.15) is 49.9 Å². The van der Waals surface area contributed by atoms with E-state index >= 15 is 0 Å². The molecule has 1 saturated heterocycles. The molecule has 1 aliphatic rings. The van der Waals surface area contributed by atoms with Crippen LogP contribution in [0.5, 0.6) is 0 Å². The standard InChI is InChI=1S/C16H24N2O2/c1-3-12-7-5-6-10-18(12)13-8-9-15(17)14(11-13)16(19)20-4-2/h8-9,11-12H,3-7,10,17H2,1-2H3. The molecule has 1 fully saturated rings. The Labute approximate surface area is 120 Å². The first-order valence-corrected chi connectivity index (χ1v) is 7.50. The van der Waals surface area contributed by atoms with Crippen LogP contribution in [0.2, 0.25) is 0 Å². The maximum atomic E-state index is 11.9. The van der Waals surface area contributed by atoms with Gasteiger partial charge in [-0.05, 0) is 50.8 Å². The molecule has 0 amide bonds. The SMILES string of the molecule is CCOC(=O)c1cc(N2CCCCC2CC)ccc1N. The number of anilines is 2. The molecule has 1 atom stereocenters. The molecule has 1 aromatic carbocycles. The van der Waals surface area contributed by atoms with Gasteiger partial charge in [0, 0.05) is 24.0 Å². The van der Waals surface area contributed by atoms with Gasteiger partial charge in [0.1, 0.15) is 0 Å². The third-order valence-corrected chi connectivity index (χ3v) is 3.96. The quantitative estimate of drug-likeness (QED) is 0.677. The maximum Gasteiger partial charge on any atom is 0.340 e. The van der Waals surface area contributed by atoms with Crippen molar-refractivity contribution in [3.8, 4) is 0 Å². The Morgan fingerprint density at radius 1 is 1.40 bits per heavy atom. The molecule has 0 aromatic heterocycles. The molecule has 20 heavy (non-hydrogen) atoms. The number of carbonyl (C=O) groups is 1. The summed E-state index contributed by atoms with van der Waals surface area (Å²) in [7, 11) is 0. The highest BCUT2D eigenvalue weighted by atomic mass is 16.5. The molecular formula is C16H24N2O2. The van der Waals surface area contributed by atoms with Crippen LogP contribution in [0, 0.1) is 0 Å². The number of carbonyl (C=O) groups excluding carboxylic acids is 1. The van der Waals surface area contributed by atoms with E-state index in [-0.39, 0.29) is 5.97 Å². The third-order valence-electron chi connectivity index (χ3n) is 3.96. The second kappa shape index (κ2) is 6.64. The van der Waals surface area contributed by atoms with Crippen molar-refractivity contribution in [3.05, 3.63) is 23.8 Å². The molecule has 2 N–H and O–H groups in total. The summed E-state index contributed by atoms with van der Waals surface area (Å²) in [5.41, 5.74) is 7.94. The van der Waals surface area contributed by atoms with Crippen molar-refractivity contribution in [2.24, 2.45) is 0 Å². The van der Waals surface area contributed by atoms with E-state index in [1.165, 1.54) is 19.3 Å². The number of rotatable bonds is 4. The molecular weight excluding hydrogens is 252 g/mol. The van der Waals surface area contributed by atoms with Crippen LogP contribution >= 0.6 is 0 Å². The Hall–Kier alpha value is -1.71. The third kappa shape index (κ3) is 3.06. The fraction of sp³-hybridized carbons (Fsp3) is 0.562. The highest BCUT2D eigenvalue weighted by Crippen LogP contribution is 2.29. The van der Waals surface area contributed by atoms with Gasteiger partial charge in [-0.15, -0.1) is 0 Å². The highest BCUT2D eigenvalue weighted by Gasteiger charge is 2.22. The summed E-state index contributed by atoms with van der Waals surface area (Å²) < 4.78 is 5.07. The summed E-state index contributed by atoms with van der Waals surface area (Å²) in [4.78, 5) is 14.3. The second-order valence-electron chi connectivity index (χ2n) is 5.24. The summed E-state index contributed by atoms with van der Waals surface area (Å²) in [6, 6.07) is 6.25. The Bertz CT molecular complexity index is 474. The maximum absolute atomic E-state index is 11.9. The lowest BCUT2D eigenvalue weighted by atomic mass is 9.98. The molecule has 0 bridgehead atoms. The monoisotopic (exact) mass is 276 g/mol. The van der Waals surface area contributed by atoms with E-state index in [0.29, 0.717) is 23.9 Å². The molecule has 110 valence electrons. The zero-order chi connectivity index (χ0) is 14.5. The summed E-state index contributed by atoms with van der Waals surface area (Å²) in [6.07, 6.45) is 4.83. The highest BCUT2D eigenvalue weighted by molar-refractivity contribution is 5.96. The molecule has 1 heterocycles. The van der Waals surface area contributed by atoms with Gasteiger partial charge in [-0.1, -0.05) is 6.92 Å². The lowest BCUT2D eigenvalue weighted by Gasteiger charge is -2.37. The van der Waals surface area contributed by atoms with E-state index in [2.05, 4.69) is 11.8 Å². The van der Waals surface area contributed by atoms with Gasteiger partial charge < -0.3 is 15.4 Å². The van der Waals surface area contributed by atoms with Crippen LogP contribution in [0.4, 0.5) is 11.4 Å². The van der Waals surface area contributed by atoms with Gasteiger partial charge in [0.15, 0.2) is 0 Å². The van der Waals surface area contributed by atoms with Crippen molar-refractivity contribution in [1.29, 1.82) is 0 Å². The Morgan fingerprint density at radius 3 is 2.90 bits per heavy atom. The van der Waals surface area contributed by atoms with Gasteiger partial charge in [-0.2, -0.15) is 0 Å². The molecule has 1 aliphatic heterocycles. The van der Waals surface area contributed by atoms with E-state index in [1.807, 2.05) is 18.2 Å². The molecule has 2 rings (SSSR count). The zero-order valence-corrected chi connectivity index (χ0v) is 12.4. The average molecular weight is 276 g/mol. The number of esters is 1. The summed E-state index contributed by atoms with van der Waals surface area (Å²) in [5.74, 6) is -0.336. The van der Waals surface area contributed by atoms with Gasteiger partial charge >= 0.3 is 5.97 Å². The lowest BCUT2D eigenvalue weighted by Crippen LogP contribution is -2.39. The first-order chi connectivity index (χ1) is 9.67. The fourth-order valence-electron chi connectivity index (χ4n) is 2.87. The number of hydrogen-bond acceptors (Lipinski definition) is 4. The molecule has 4 heteroatoms. The normalized spacial score (nSPS) is 18.9. The van der Waals surface area contributed by atoms with Crippen molar-refractivity contribution in [2.75, 3.05) is 23.8 Å². The fourth-order valence-corrected chi connectivity index (χ4v) is 2.87. The number of hydrogen-bond donors (Lipinski definition) is 1. The summed E-state index contributed by atoms with van der Waals surface area (Å²) in [6.45, 7) is 5.43. The van der Waals surface area contributed by atoms with Crippen molar-refractivity contribution in [1.82, 2.24) is 0 Å². The lowest BCUT2D eigenvalue weighted by molar-refractivity contribution is 0.0527. The van der Waals surface area contributed by atoms with E-state index in [4.69, 9.17) is 10.5 Å². The summed E-state index contributed by atoms with van der Waals surface area (Å²) >= 11 is 0. The van der Waals surface area contributed by atoms with Crippen molar-refractivity contribution in [3.63, 3.8) is 0 Å².